The molecular weight excluding hydrogens is 521 g/mol. The number of anilines is 1. The van der Waals surface area contributed by atoms with Crippen LogP contribution in [0.4, 0.5) is 5.95 Å². The third-order valence-electron chi connectivity index (χ3n) is 6.60. The van der Waals surface area contributed by atoms with E-state index in [2.05, 4.69) is 31.9 Å². The lowest BCUT2D eigenvalue weighted by molar-refractivity contribution is 0.674. The van der Waals surface area contributed by atoms with Crippen LogP contribution in [-0.2, 0) is 0 Å². The van der Waals surface area contributed by atoms with Crippen LogP contribution in [-0.4, -0.2) is 39.5 Å². The molecule has 1 atom stereocenters. The van der Waals surface area contributed by atoms with Gasteiger partial charge in [-0.05, 0) is 55.0 Å². The molecule has 0 amide bonds. The largest absolute Gasteiger partial charge is 0.324 e. The maximum atomic E-state index is 6.36. The average Bonchev–Trinajstić information content (AvgIpc) is 3.67. The number of hydrogen-bond donors (Lipinski definition) is 1. The van der Waals surface area contributed by atoms with Gasteiger partial charge in [0.25, 0.3) is 0 Å². The fourth-order valence-corrected chi connectivity index (χ4v) is 5.14. The third-order valence-corrected chi connectivity index (χ3v) is 7.34. The molecule has 38 heavy (non-hydrogen) atoms. The van der Waals surface area contributed by atoms with E-state index in [0.717, 1.165) is 45.1 Å². The molecule has 0 spiro atoms. The number of para-hydroxylation sites is 2. The highest BCUT2D eigenvalue weighted by Crippen LogP contribution is 2.38. The monoisotopic (exact) mass is 539 g/mol. The van der Waals surface area contributed by atoms with E-state index in [9.17, 15) is 0 Å². The summed E-state index contributed by atoms with van der Waals surface area (Å²) in [4.78, 5) is 0. The number of rotatable bonds is 4. The molecule has 0 bridgehead atoms. The molecule has 4 heterocycles. The maximum Gasteiger partial charge on any atom is 0.229 e. The summed E-state index contributed by atoms with van der Waals surface area (Å²) in [6.45, 7) is 2.00. The number of aryl methyl sites for hydroxylation is 1. The Kier molecular flexibility index (Phi) is 5.27. The summed E-state index contributed by atoms with van der Waals surface area (Å²) in [7, 11) is 0. The van der Waals surface area contributed by atoms with Crippen molar-refractivity contribution in [2.75, 3.05) is 5.32 Å². The molecule has 0 saturated carbocycles. The van der Waals surface area contributed by atoms with Crippen molar-refractivity contribution in [3.63, 3.8) is 0 Å². The first-order valence-corrected chi connectivity index (χ1v) is 12.6. The molecule has 9 nitrogen and oxygen atoms in total. The van der Waals surface area contributed by atoms with E-state index in [1.54, 1.807) is 12.4 Å². The summed E-state index contributed by atoms with van der Waals surface area (Å²) in [6, 6.07) is 23.1. The predicted octanol–water partition coefficient (Wildman–Crippen LogP) is 5.87. The van der Waals surface area contributed by atoms with Gasteiger partial charge in [-0.2, -0.15) is 9.78 Å². The van der Waals surface area contributed by atoms with Gasteiger partial charge in [0.15, 0.2) is 5.82 Å². The van der Waals surface area contributed by atoms with E-state index in [0.29, 0.717) is 16.0 Å². The van der Waals surface area contributed by atoms with Gasteiger partial charge in [0.05, 0.1) is 33.0 Å². The van der Waals surface area contributed by atoms with Crippen molar-refractivity contribution in [1.82, 2.24) is 39.5 Å². The van der Waals surface area contributed by atoms with Crippen LogP contribution < -0.4 is 5.32 Å². The quantitative estimate of drug-likeness (QED) is 0.301. The molecule has 6 aromatic rings. The molecule has 0 aliphatic carbocycles. The smallest absolute Gasteiger partial charge is 0.229 e. The van der Waals surface area contributed by atoms with Crippen molar-refractivity contribution in [3.8, 4) is 11.5 Å². The van der Waals surface area contributed by atoms with E-state index in [4.69, 9.17) is 28.3 Å². The van der Waals surface area contributed by atoms with E-state index in [1.165, 1.54) is 0 Å². The van der Waals surface area contributed by atoms with Crippen LogP contribution in [0.2, 0.25) is 10.0 Å². The summed E-state index contributed by atoms with van der Waals surface area (Å²) in [5, 5.41) is 26.8. The lowest BCUT2D eigenvalue weighted by Gasteiger charge is -2.25. The van der Waals surface area contributed by atoms with Gasteiger partial charge in [0, 0.05) is 11.3 Å². The Morgan fingerprint density at radius 3 is 2.53 bits per heavy atom. The Bertz CT molecular complexity index is 1850. The standard InChI is InChI=1S/C27H19Cl2N9/c1-16-25(24-14-22(31-27-33-30-15-36(24)27)17-11-12-19(28)20(29)13-17)26(37(34-16)18-7-3-2-4-8-18)38-23-10-6-5-9-21(23)32-35-38/h2-15,24H,1H3,(H,31,33). The molecule has 186 valence electrons. The molecule has 1 aliphatic rings. The fraction of sp³-hybridized carbons (Fsp3) is 0.0741. The van der Waals surface area contributed by atoms with Gasteiger partial charge >= 0.3 is 0 Å². The average molecular weight is 540 g/mol. The minimum absolute atomic E-state index is 0.305. The van der Waals surface area contributed by atoms with E-state index in [1.807, 2.05) is 87.6 Å². The zero-order chi connectivity index (χ0) is 25.8. The summed E-state index contributed by atoms with van der Waals surface area (Å²) in [5.74, 6) is 1.37. The zero-order valence-electron chi connectivity index (χ0n) is 20.0. The first-order valence-electron chi connectivity index (χ1n) is 11.9. The first-order chi connectivity index (χ1) is 18.6. The van der Waals surface area contributed by atoms with Crippen LogP contribution >= 0.6 is 23.2 Å². The van der Waals surface area contributed by atoms with Gasteiger partial charge in [-0.3, -0.25) is 4.57 Å². The molecule has 3 aromatic heterocycles. The Balaban J connectivity index is 1.50. The highest BCUT2D eigenvalue weighted by molar-refractivity contribution is 6.42. The van der Waals surface area contributed by atoms with Gasteiger partial charge in [0.1, 0.15) is 11.8 Å². The van der Waals surface area contributed by atoms with Gasteiger partial charge in [-0.25, -0.2) is 4.68 Å². The second kappa shape index (κ2) is 8.83. The van der Waals surface area contributed by atoms with Crippen molar-refractivity contribution < 1.29 is 0 Å². The lowest BCUT2D eigenvalue weighted by Crippen LogP contribution is -2.21. The van der Waals surface area contributed by atoms with Crippen LogP contribution in [0.15, 0.2) is 85.2 Å². The number of halogens is 2. The second-order valence-corrected chi connectivity index (χ2v) is 9.72. The number of allylic oxidation sites excluding steroid dienone is 1. The number of aromatic nitrogens is 8. The fourth-order valence-electron chi connectivity index (χ4n) is 4.84. The molecule has 3 aromatic carbocycles. The molecule has 7 rings (SSSR count). The summed E-state index contributed by atoms with van der Waals surface area (Å²) >= 11 is 12.5. The van der Waals surface area contributed by atoms with E-state index < -0.39 is 0 Å². The summed E-state index contributed by atoms with van der Waals surface area (Å²) in [5.41, 5.74) is 6.04. The first kappa shape index (κ1) is 22.7. The van der Waals surface area contributed by atoms with Crippen molar-refractivity contribution in [2.24, 2.45) is 0 Å². The van der Waals surface area contributed by atoms with Crippen LogP contribution in [0.3, 0.4) is 0 Å². The molecule has 1 unspecified atom stereocenters. The second-order valence-electron chi connectivity index (χ2n) is 8.90. The predicted molar refractivity (Wildman–Crippen MR) is 147 cm³/mol. The van der Waals surface area contributed by atoms with Crippen molar-refractivity contribution >= 4 is 45.9 Å². The topological polar surface area (TPSA) is 91.3 Å². The minimum atomic E-state index is -0.305. The van der Waals surface area contributed by atoms with Crippen LogP contribution in [0, 0.1) is 6.92 Å². The number of hydrogen-bond acceptors (Lipinski definition) is 6. The van der Waals surface area contributed by atoms with Crippen LogP contribution in [0.25, 0.3) is 28.2 Å². The number of benzene rings is 3. The number of fused-ring (bicyclic) bond motifs is 2. The molecule has 0 fully saturated rings. The maximum absolute atomic E-state index is 6.36. The zero-order valence-corrected chi connectivity index (χ0v) is 21.5. The Labute approximate surface area is 226 Å². The normalized spacial score (nSPS) is 14.8. The van der Waals surface area contributed by atoms with Gasteiger partial charge in [0.2, 0.25) is 5.95 Å². The van der Waals surface area contributed by atoms with E-state index >= 15 is 0 Å². The molecular formula is C27H19Cl2N9. The van der Waals surface area contributed by atoms with Crippen molar-refractivity contribution in [3.05, 3.63) is 112 Å². The van der Waals surface area contributed by atoms with Crippen molar-refractivity contribution in [1.29, 1.82) is 0 Å². The van der Waals surface area contributed by atoms with Crippen LogP contribution in [0.5, 0.6) is 0 Å². The Hall–Kier alpha value is -4.47. The molecule has 11 heteroatoms. The highest BCUT2D eigenvalue weighted by atomic mass is 35.5. The summed E-state index contributed by atoms with van der Waals surface area (Å²) in [6.07, 6.45) is 3.82. The highest BCUT2D eigenvalue weighted by Gasteiger charge is 2.31. The molecule has 0 radical (unpaired) electrons. The molecule has 1 aliphatic heterocycles. The van der Waals surface area contributed by atoms with Gasteiger partial charge in [-0.15, -0.1) is 15.3 Å². The molecule has 0 saturated heterocycles. The number of nitrogens with one attached hydrogen (secondary N) is 1. The summed E-state index contributed by atoms with van der Waals surface area (Å²) < 4.78 is 5.73. The van der Waals surface area contributed by atoms with Crippen molar-refractivity contribution in [2.45, 2.75) is 13.0 Å². The number of nitrogens with zero attached hydrogens (tertiary/aromatic N) is 8. The Morgan fingerprint density at radius 2 is 1.68 bits per heavy atom. The lowest BCUT2D eigenvalue weighted by atomic mass is 10.0. The van der Waals surface area contributed by atoms with Crippen LogP contribution in [0.1, 0.15) is 22.9 Å². The SMILES string of the molecule is Cc1nn(-c2ccccc2)c(-n2nnc3ccccc32)c1C1C=C(c2ccc(Cl)c(Cl)c2)Nc2nncn21. The minimum Gasteiger partial charge on any atom is -0.324 e. The van der Waals surface area contributed by atoms with Gasteiger partial charge < -0.3 is 5.32 Å². The Morgan fingerprint density at radius 1 is 0.868 bits per heavy atom. The van der Waals surface area contributed by atoms with E-state index in [-0.39, 0.29) is 6.04 Å². The molecule has 1 N–H and O–H groups in total. The third kappa shape index (κ3) is 3.59. The van der Waals surface area contributed by atoms with Gasteiger partial charge in [-0.1, -0.05) is 64.8 Å².